The van der Waals surface area contributed by atoms with E-state index in [1.165, 1.54) is 6.92 Å². The first-order valence-corrected chi connectivity index (χ1v) is 15.9. The second-order valence-corrected chi connectivity index (χ2v) is 11.8. The van der Waals surface area contributed by atoms with E-state index in [1.54, 1.807) is 39.8 Å². The summed E-state index contributed by atoms with van der Waals surface area (Å²) >= 11 is 0. The molecule has 0 aliphatic heterocycles. The lowest BCUT2D eigenvalue weighted by Gasteiger charge is -2.24. The summed E-state index contributed by atoms with van der Waals surface area (Å²) in [5.74, 6) is 0.957. The Kier molecular flexibility index (Phi) is 10.3. The number of aryl methyl sites for hydroxylation is 1. The lowest BCUT2D eigenvalue weighted by atomic mass is 9.95. The molecule has 4 aromatic rings. The average molecular weight is 642 g/mol. The van der Waals surface area contributed by atoms with Gasteiger partial charge in [0.1, 0.15) is 6.04 Å². The Morgan fingerprint density at radius 3 is 2.51 bits per heavy atom. The Labute approximate surface area is 274 Å². The number of benzene rings is 2. The Hall–Kier alpha value is -5.06. The van der Waals surface area contributed by atoms with Crippen molar-refractivity contribution in [2.24, 2.45) is 5.92 Å². The molecule has 0 saturated heterocycles. The number of ether oxygens (including phenoxy) is 3. The smallest absolute Gasteiger partial charge is 0.242 e. The zero-order valence-electron chi connectivity index (χ0n) is 27.8. The minimum atomic E-state index is -0.660. The number of methoxy groups -OCH3 is 3. The number of rotatable bonds is 12. The van der Waals surface area contributed by atoms with Gasteiger partial charge in [-0.3, -0.25) is 14.4 Å². The Balaban J connectivity index is 1.50. The normalized spacial score (nSPS) is 15.0. The molecule has 0 unspecified atom stereocenters. The van der Waals surface area contributed by atoms with Gasteiger partial charge < -0.3 is 34.7 Å². The highest BCUT2D eigenvalue weighted by Gasteiger charge is 2.30. The Bertz CT molecular complexity index is 1840. The SMILES string of the molecule is CC[C@@H](C)[C@H](Nc1ccc2c(cc1=O)[C@@H](NC(C)=O)CCc1cc(OC)c(OC)c(OC)c1-2)C(=O)NCCn1cnc2ccccc21. The molecule has 0 saturated carbocycles. The van der Waals surface area contributed by atoms with Gasteiger partial charge in [-0.1, -0.05) is 38.5 Å². The van der Waals surface area contributed by atoms with Crippen LogP contribution in [0.4, 0.5) is 5.69 Å². The average Bonchev–Trinajstić information content (AvgIpc) is 3.34. The second-order valence-electron chi connectivity index (χ2n) is 11.8. The molecule has 2 amide bonds. The molecular weight excluding hydrogens is 598 g/mol. The molecule has 5 rings (SSSR count). The Morgan fingerprint density at radius 2 is 1.81 bits per heavy atom. The van der Waals surface area contributed by atoms with Crippen molar-refractivity contribution in [1.82, 2.24) is 20.2 Å². The Morgan fingerprint density at radius 1 is 1.04 bits per heavy atom. The van der Waals surface area contributed by atoms with Crippen molar-refractivity contribution in [3.63, 3.8) is 0 Å². The molecule has 47 heavy (non-hydrogen) atoms. The maximum atomic E-state index is 13.9. The van der Waals surface area contributed by atoms with Crippen LogP contribution in [0.3, 0.4) is 0 Å². The highest BCUT2D eigenvalue weighted by Crippen LogP contribution is 2.50. The topological polar surface area (TPSA) is 133 Å². The van der Waals surface area contributed by atoms with E-state index in [0.29, 0.717) is 48.7 Å². The monoisotopic (exact) mass is 641 g/mol. The van der Waals surface area contributed by atoms with E-state index in [-0.39, 0.29) is 28.8 Å². The van der Waals surface area contributed by atoms with E-state index < -0.39 is 12.1 Å². The third-order valence-corrected chi connectivity index (χ3v) is 8.90. The van der Waals surface area contributed by atoms with E-state index >= 15 is 0 Å². The lowest BCUT2D eigenvalue weighted by Crippen LogP contribution is -2.45. The molecule has 1 aliphatic carbocycles. The first-order valence-electron chi connectivity index (χ1n) is 15.9. The minimum absolute atomic E-state index is 0.0727. The number of hydrogen-bond donors (Lipinski definition) is 3. The third kappa shape index (κ3) is 6.89. The van der Waals surface area contributed by atoms with Crippen LogP contribution in [0.2, 0.25) is 0 Å². The van der Waals surface area contributed by atoms with Crippen molar-refractivity contribution in [3.05, 3.63) is 76.2 Å². The molecule has 11 heteroatoms. The number of amides is 2. The molecule has 0 bridgehead atoms. The van der Waals surface area contributed by atoms with Gasteiger partial charge in [0, 0.05) is 25.6 Å². The van der Waals surface area contributed by atoms with Crippen LogP contribution in [0.25, 0.3) is 22.2 Å². The number of hydrogen-bond acceptors (Lipinski definition) is 8. The summed E-state index contributed by atoms with van der Waals surface area (Å²) in [5, 5.41) is 9.35. The molecule has 3 atom stereocenters. The molecule has 1 aliphatic rings. The maximum Gasteiger partial charge on any atom is 0.242 e. The van der Waals surface area contributed by atoms with Gasteiger partial charge in [0.05, 0.1) is 50.4 Å². The van der Waals surface area contributed by atoms with Gasteiger partial charge in [0.15, 0.2) is 11.5 Å². The van der Waals surface area contributed by atoms with Gasteiger partial charge in [0.2, 0.25) is 23.0 Å². The van der Waals surface area contributed by atoms with Crippen LogP contribution in [-0.4, -0.2) is 55.3 Å². The summed E-state index contributed by atoms with van der Waals surface area (Å²) < 4.78 is 19.2. The summed E-state index contributed by atoms with van der Waals surface area (Å²) in [6, 6.07) is 13.8. The fourth-order valence-corrected chi connectivity index (χ4v) is 6.29. The predicted molar refractivity (Wildman–Crippen MR) is 182 cm³/mol. The molecule has 11 nitrogen and oxygen atoms in total. The van der Waals surface area contributed by atoms with E-state index in [0.717, 1.165) is 34.1 Å². The zero-order chi connectivity index (χ0) is 33.7. The second kappa shape index (κ2) is 14.6. The zero-order valence-corrected chi connectivity index (χ0v) is 27.8. The first-order chi connectivity index (χ1) is 22.7. The summed E-state index contributed by atoms with van der Waals surface area (Å²) in [6.45, 7) is 6.41. The number of imidazole rings is 1. The van der Waals surface area contributed by atoms with E-state index in [2.05, 4.69) is 20.9 Å². The van der Waals surface area contributed by atoms with Crippen LogP contribution in [0.5, 0.6) is 17.2 Å². The summed E-state index contributed by atoms with van der Waals surface area (Å²) in [5.41, 5.74) is 4.95. The van der Waals surface area contributed by atoms with Crippen LogP contribution in [0, 0.1) is 5.92 Å². The molecule has 248 valence electrons. The van der Waals surface area contributed by atoms with Gasteiger partial charge in [-0.05, 0) is 65.8 Å². The highest BCUT2D eigenvalue weighted by atomic mass is 16.5. The number of carbonyl (C=O) groups is 2. The lowest BCUT2D eigenvalue weighted by molar-refractivity contribution is -0.123. The molecule has 3 N–H and O–H groups in total. The van der Waals surface area contributed by atoms with E-state index in [1.807, 2.05) is 54.8 Å². The van der Waals surface area contributed by atoms with E-state index in [9.17, 15) is 14.4 Å². The summed E-state index contributed by atoms with van der Waals surface area (Å²) in [6.07, 6.45) is 3.64. The van der Waals surface area contributed by atoms with Crippen molar-refractivity contribution in [2.45, 2.75) is 58.7 Å². The summed E-state index contributed by atoms with van der Waals surface area (Å²) in [4.78, 5) is 44.2. The molecule has 0 radical (unpaired) electrons. The van der Waals surface area contributed by atoms with Crippen molar-refractivity contribution >= 4 is 28.5 Å². The van der Waals surface area contributed by atoms with Crippen LogP contribution in [0.1, 0.15) is 50.8 Å². The number of nitrogens with zero attached hydrogens (tertiary/aromatic N) is 2. The van der Waals surface area contributed by atoms with Crippen molar-refractivity contribution in [1.29, 1.82) is 0 Å². The van der Waals surface area contributed by atoms with Gasteiger partial charge in [0.25, 0.3) is 0 Å². The number of fused-ring (bicyclic) bond motifs is 4. The molecule has 3 aromatic carbocycles. The molecule has 1 aromatic heterocycles. The van der Waals surface area contributed by atoms with Gasteiger partial charge >= 0.3 is 0 Å². The van der Waals surface area contributed by atoms with Crippen LogP contribution >= 0.6 is 0 Å². The number of aromatic nitrogens is 2. The quantitative estimate of drug-likeness (QED) is 0.200. The van der Waals surface area contributed by atoms with Crippen LogP contribution in [0.15, 0.2) is 59.7 Å². The fraction of sp³-hybridized carbons (Fsp3) is 0.389. The predicted octanol–water partition coefficient (Wildman–Crippen LogP) is 4.86. The van der Waals surface area contributed by atoms with Crippen molar-refractivity contribution in [3.8, 4) is 28.4 Å². The molecule has 1 heterocycles. The standard InChI is InChI=1S/C36H43N5O6/c1-7-21(2)33(36(44)37-16-17-41-20-38-27-10-8-9-11-29(27)41)40-28-15-13-24-25(19-30(28)43)26(39-22(3)42)14-12-23-18-31(45-4)34(46-5)35(47-6)32(23)24/h8-11,13,15,18-21,26,33H,7,12,14,16-17H2,1-6H3,(H,37,44)(H,39,42)(H,40,43)/t21-,26+,33+/m1/s1. The van der Waals surface area contributed by atoms with E-state index in [4.69, 9.17) is 14.2 Å². The van der Waals surface area contributed by atoms with Crippen LogP contribution < -0.4 is 35.6 Å². The number of anilines is 1. The first kappa shape index (κ1) is 33.3. The van der Waals surface area contributed by atoms with Gasteiger partial charge in [-0.25, -0.2) is 4.98 Å². The molecular formula is C36H43N5O6. The number of para-hydroxylation sites is 2. The molecule has 0 spiro atoms. The van der Waals surface area contributed by atoms with Gasteiger partial charge in [-0.2, -0.15) is 0 Å². The number of carbonyl (C=O) groups excluding carboxylic acids is 2. The number of nitrogens with one attached hydrogen (secondary N) is 3. The maximum absolute atomic E-state index is 13.9. The molecule has 0 fully saturated rings. The van der Waals surface area contributed by atoms with Gasteiger partial charge in [-0.15, -0.1) is 0 Å². The minimum Gasteiger partial charge on any atom is -0.493 e. The summed E-state index contributed by atoms with van der Waals surface area (Å²) in [7, 11) is 4.68. The fourth-order valence-electron chi connectivity index (χ4n) is 6.29. The largest absolute Gasteiger partial charge is 0.493 e. The van der Waals surface area contributed by atoms with Crippen LogP contribution in [-0.2, 0) is 22.6 Å². The highest BCUT2D eigenvalue weighted by molar-refractivity contribution is 5.86. The van der Waals surface area contributed by atoms with Crippen molar-refractivity contribution < 1.29 is 23.8 Å². The third-order valence-electron chi connectivity index (χ3n) is 8.90. The van der Waals surface area contributed by atoms with Crippen molar-refractivity contribution in [2.75, 3.05) is 33.2 Å².